The molecule has 0 radical (unpaired) electrons. The Hall–Kier alpha value is -1.58. The summed E-state index contributed by atoms with van der Waals surface area (Å²) in [5, 5.41) is 3.21. The zero-order chi connectivity index (χ0) is 13.8. The molecule has 1 aromatic rings. The highest BCUT2D eigenvalue weighted by Gasteiger charge is 2.24. The first-order valence-electron chi connectivity index (χ1n) is 6.78. The van der Waals surface area contributed by atoms with Gasteiger partial charge < -0.3 is 10.1 Å². The van der Waals surface area contributed by atoms with Crippen LogP contribution in [0.5, 0.6) is 0 Å². The molecule has 104 valence electrons. The fourth-order valence-corrected chi connectivity index (χ4v) is 2.68. The van der Waals surface area contributed by atoms with Crippen molar-refractivity contribution in [3.8, 4) is 0 Å². The molecule has 0 saturated heterocycles. The zero-order valence-corrected chi connectivity index (χ0v) is 11.4. The third-order valence-electron chi connectivity index (χ3n) is 3.87. The van der Waals surface area contributed by atoms with Gasteiger partial charge in [-0.3, -0.25) is 0 Å². The molecule has 0 heterocycles. The quantitative estimate of drug-likeness (QED) is 0.845. The van der Waals surface area contributed by atoms with Gasteiger partial charge in [-0.1, -0.05) is 13.3 Å². The van der Waals surface area contributed by atoms with Crippen molar-refractivity contribution >= 4 is 11.7 Å². The van der Waals surface area contributed by atoms with Crippen molar-refractivity contribution in [3.63, 3.8) is 0 Å². The second kappa shape index (κ2) is 6.04. The molecule has 4 heteroatoms. The number of hydrogen-bond acceptors (Lipinski definition) is 3. The summed E-state index contributed by atoms with van der Waals surface area (Å²) in [7, 11) is 1.32. The number of rotatable bonds is 4. The van der Waals surface area contributed by atoms with Gasteiger partial charge in [-0.15, -0.1) is 0 Å². The van der Waals surface area contributed by atoms with E-state index in [-0.39, 0.29) is 5.82 Å². The van der Waals surface area contributed by atoms with Gasteiger partial charge in [-0.2, -0.15) is 0 Å². The lowest BCUT2D eigenvalue weighted by atomic mass is 10.1. The number of ether oxygens (including phenoxy) is 1. The first kappa shape index (κ1) is 13.8. The Kier molecular flexibility index (Phi) is 4.40. The molecule has 2 unspecified atom stereocenters. The van der Waals surface area contributed by atoms with Crippen molar-refractivity contribution in [3.05, 3.63) is 29.6 Å². The minimum Gasteiger partial charge on any atom is -0.465 e. The highest BCUT2D eigenvalue weighted by molar-refractivity contribution is 5.90. The van der Waals surface area contributed by atoms with Crippen LogP contribution in [-0.4, -0.2) is 19.1 Å². The molecule has 1 aromatic carbocycles. The highest BCUT2D eigenvalue weighted by atomic mass is 19.1. The van der Waals surface area contributed by atoms with Crippen LogP contribution >= 0.6 is 0 Å². The number of esters is 1. The average Bonchev–Trinajstić information content (AvgIpc) is 2.88. The SMILES string of the molecule is CCC1CCC(Nc2cc(C(=O)OC)ccc2F)C1. The Morgan fingerprint density at radius 3 is 2.89 bits per heavy atom. The normalized spacial score (nSPS) is 22.3. The topological polar surface area (TPSA) is 38.3 Å². The predicted octanol–water partition coefficient (Wildman–Crippen LogP) is 3.60. The molecular formula is C15H20FNO2. The summed E-state index contributed by atoms with van der Waals surface area (Å²) < 4.78 is 18.4. The molecule has 1 saturated carbocycles. The number of benzene rings is 1. The van der Waals surface area contributed by atoms with Crippen LogP contribution in [0.2, 0.25) is 0 Å². The van der Waals surface area contributed by atoms with Crippen molar-refractivity contribution < 1.29 is 13.9 Å². The number of nitrogens with one attached hydrogen (secondary N) is 1. The maximum atomic E-state index is 13.8. The van der Waals surface area contributed by atoms with E-state index in [4.69, 9.17) is 0 Å². The Bertz CT molecular complexity index is 461. The van der Waals surface area contributed by atoms with E-state index in [1.807, 2.05) is 0 Å². The Morgan fingerprint density at radius 2 is 2.26 bits per heavy atom. The third kappa shape index (κ3) is 3.25. The molecule has 1 fully saturated rings. The van der Waals surface area contributed by atoms with Crippen LogP contribution in [0, 0.1) is 11.7 Å². The maximum Gasteiger partial charge on any atom is 0.337 e. The third-order valence-corrected chi connectivity index (χ3v) is 3.87. The fourth-order valence-electron chi connectivity index (χ4n) is 2.68. The zero-order valence-electron chi connectivity index (χ0n) is 11.4. The Labute approximate surface area is 113 Å². The number of carbonyl (C=O) groups excluding carboxylic acids is 1. The van der Waals surface area contributed by atoms with Crippen LogP contribution in [0.25, 0.3) is 0 Å². The lowest BCUT2D eigenvalue weighted by Crippen LogP contribution is -2.17. The molecule has 0 aromatic heterocycles. The number of anilines is 1. The van der Waals surface area contributed by atoms with E-state index in [0.29, 0.717) is 17.3 Å². The summed E-state index contributed by atoms with van der Waals surface area (Å²) in [5.74, 6) is -0.0436. The van der Waals surface area contributed by atoms with E-state index in [0.717, 1.165) is 18.8 Å². The summed E-state index contributed by atoms with van der Waals surface area (Å²) in [5.41, 5.74) is 0.765. The first-order chi connectivity index (χ1) is 9.13. The standard InChI is InChI=1S/C15H20FNO2/c1-3-10-4-6-12(8-10)17-14-9-11(15(18)19-2)5-7-13(14)16/h5,7,9-10,12,17H,3-4,6,8H2,1-2H3. The second-order valence-electron chi connectivity index (χ2n) is 5.11. The van der Waals surface area contributed by atoms with E-state index >= 15 is 0 Å². The smallest absolute Gasteiger partial charge is 0.337 e. The number of halogens is 1. The Balaban J connectivity index is 2.09. The minimum absolute atomic E-state index is 0.298. The molecular weight excluding hydrogens is 245 g/mol. The summed E-state index contributed by atoms with van der Waals surface area (Å²) in [4.78, 5) is 11.4. The van der Waals surface area contributed by atoms with Crippen LogP contribution in [0.4, 0.5) is 10.1 Å². The average molecular weight is 265 g/mol. The number of hydrogen-bond donors (Lipinski definition) is 1. The minimum atomic E-state index is -0.444. The molecule has 0 spiro atoms. The van der Waals surface area contributed by atoms with Gasteiger partial charge in [0.05, 0.1) is 18.4 Å². The maximum absolute atomic E-state index is 13.8. The van der Waals surface area contributed by atoms with Crippen molar-refractivity contribution in [1.82, 2.24) is 0 Å². The van der Waals surface area contributed by atoms with Crippen LogP contribution in [-0.2, 0) is 4.74 Å². The summed E-state index contributed by atoms with van der Waals surface area (Å²) in [6.45, 7) is 2.19. The monoisotopic (exact) mass is 265 g/mol. The van der Waals surface area contributed by atoms with Crippen molar-refractivity contribution in [2.45, 2.75) is 38.6 Å². The summed E-state index contributed by atoms with van der Waals surface area (Å²) >= 11 is 0. The largest absolute Gasteiger partial charge is 0.465 e. The molecule has 2 atom stereocenters. The van der Waals surface area contributed by atoms with Crippen LogP contribution < -0.4 is 5.32 Å². The molecule has 2 rings (SSSR count). The van der Waals surface area contributed by atoms with Gasteiger partial charge in [0, 0.05) is 6.04 Å². The van der Waals surface area contributed by atoms with E-state index in [1.54, 1.807) is 0 Å². The van der Waals surface area contributed by atoms with Gasteiger partial charge in [0.1, 0.15) is 5.82 Å². The lowest BCUT2D eigenvalue weighted by molar-refractivity contribution is 0.0600. The molecule has 1 aliphatic rings. The molecule has 19 heavy (non-hydrogen) atoms. The number of carbonyl (C=O) groups is 1. The Morgan fingerprint density at radius 1 is 1.47 bits per heavy atom. The summed E-state index contributed by atoms with van der Waals surface area (Å²) in [6.07, 6.45) is 4.48. The molecule has 0 amide bonds. The van der Waals surface area contributed by atoms with E-state index < -0.39 is 5.97 Å². The van der Waals surface area contributed by atoms with Crippen molar-refractivity contribution in [2.24, 2.45) is 5.92 Å². The van der Waals surface area contributed by atoms with Gasteiger partial charge in [-0.25, -0.2) is 9.18 Å². The lowest BCUT2D eigenvalue weighted by Gasteiger charge is -2.15. The molecule has 0 aliphatic heterocycles. The highest BCUT2D eigenvalue weighted by Crippen LogP contribution is 2.31. The van der Waals surface area contributed by atoms with E-state index in [9.17, 15) is 9.18 Å². The van der Waals surface area contributed by atoms with Crippen LogP contribution in [0.15, 0.2) is 18.2 Å². The van der Waals surface area contributed by atoms with Gasteiger partial charge in [0.25, 0.3) is 0 Å². The van der Waals surface area contributed by atoms with Crippen LogP contribution in [0.3, 0.4) is 0 Å². The van der Waals surface area contributed by atoms with Gasteiger partial charge in [-0.05, 0) is 43.4 Å². The van der Waals surface area contributed by atoms with Crippen LogP contribution in [0.1, 0.15) is 43.0 Å². The second-order valence-corrected chi connectivity index (χ2v) is 5.11. The molecule has 1 aliphatic carbocycles. The first-order valence-corrected chi connectivity index (χ1v) is 6.78. The summed E-state index contributed by atoms with van der Waals surface area (Å²) in [6, 6.07) is 4.57. The van der Waals surface area contributed by atoms with E-state index in [1.165, 1.54) is 38.2 Å². The number of methoxy groups -OCH3 is 1. The predicted molar refractivity (Wildman–Crippen MR) is 72.8 cm³/mol. The molecule has 0 bridgehead atoms. The fraction of sp³-hybridized carbons (Fsp3) is 0.533. The van der Waals surface area contributed by atoms with Gasteiger partial charge in [0.15, 0.2) is 0 Å². The van der Waals surface area contributed by atoms with Gasteiger partial charge >= 0.3 is 5.97 Å². The molecule has 1 N–H and O–H groups in total. The van der Waals surface area contributed by atoms with E-state index in [2.05, 4.69) is 17.0 Å². The van der Waals surface area contributed by atoms with Gasteiger partial charge in [0.2, 0.25) is 0 Å². The van der Waals surface area contributed by atoms with Crippen molar-refractivity contribution in [1.29, 1.82) is 0 Å². The van der Waals surface area contributed by atoms with Crippen molar-refractivity contribution in [2.75, 3.05) is 12.4 Å². The molecule has 3 nitrogen and oxygen atoms in total.